The number of benzene rings is 1. The van der Waals surface area contributed by atoms with E-state index in [1.807, 2.05) is 24.1 Å². The van der Waals surface area contributed by atoms with Gasteiger partial charge in [-0.15, -0.1) is 12.4 Å². The van der Waals surface area contributed by atoms with Crippen LogP contribution in [-0.2, 0) is 11.3 Å². The minimum absolute atomic E-state index is 0. The van der Waals surface area contributed by atoms with Crippen LogP contribution >= 0.6 is 35.6 Å². The average molecular weight is 367 g/mol. The van der Waals surface area contributed by atoms with Crippen molar-refractivity contribution in [1.29, 1.82) is 0 Å². The third-order valence-corrected chi connectivity index (χ3v) is 4.35. The second-order valence-electron chi connectivity index (χ2n) is 5.37. The fourth-order valence-corrected chi connectivity index (χ4v) is 2.71. The third-order valence-electron chi connectivity index (χ3n) is 3.61. The van der Waals surface area contributed by atoms with E-state index in [9.17, 15) is 4.79 Å². The Morgan fingerprint density at radius 2 is 1.95 bits per heavy atom. The lowest BCUT2D eigenvalue weighted by atomic mass is 10.2. The van der Waals surface area contributed by atoms with E-state index in [1.165, 1.54) is 0 Å². The van der Waals surface area contributed by atoms with E-state index in [4.69, 9.17) is 23.2 Å². The van der Waals surface area contributed by atoms with E-state index >= 15 is 0 Å². The number of nitrogens with zero attached hydrogens (tertiary/aromatic N) is 2. The lowest BCUT2D eigenvalue weighted by Crippen LogP contribution is -2.47. The first-order valence-corrected chi connectivity index (χ1v) is 7.93. The first-order chi connectivity index (χ1) is 10.1. The Morgan fingerprint density at radius 1 is 1.27 bits per heavy atom. The van der Waals surface area contributed by atoms with Gasteiger partial charge in [-0.2, -0.15) is 0 Å². The zero-order valence-corrected chi connectivity index (χ0v) is 15.0. The molecule has 1 aromatic rings. The molecule has 0 aromatic heterocycles. The number of carbonyl (C=O) groups excluding carboxylic acids is 1. The molecule has 1 aromatic carbocycles. The number of piperazine rings is 1. The highest BCUT2D eigenvalue weighted by Crippen LogP contribution is 2.23. The first kappa shape index (κ1) is 19.5. The van der Waals surface area contributed by atoms with Crippen molar-refractivity contribution in [3.8, 4) is 0 Å². The number of rotatable bonds is 5. The van der Waals surface area contributed by atoms with Crippen molar-refractivity contribution in [2.75, 3.05) is 39.8 Å². The summed E-state index contributed by atoms with van der Waals surface area (Å²) in [6.07, 6.45) is 0.553. The van der Waals surface area contributed by atoms with E-state index in [0.717, 1.165) is 44.8 Å². The summed E-state index contributed by atoms with van der Waals surface area (Å²) in [5.74, 6) is 0.234. The van der Waals surface area contributed by atoms with E-state index in [0.29, 0.717) is 16.5 Å². The maximum Gasteiger partial charge on any atom is 0.223 e. The standard InChI is InChI=1S/C15H21Cl2N3O.ClH/c1-19(11-12-2-3-13(16)14(17)10-12)7-4-15(21)20-8-5-18-6-9-20;/h2-3,10,18H,4-9,11H2,1H3;1H. The van der Waals surface area contributed by atoms with Crippen LogP contribution in [0.2, 0.25) is 10.0 Å². The van der Waals surface area contributed by atoms with Crippen molar-refractivity contribution >= 4 is 41.5 Å². The molecule has 1 aliphatic rings. The van der Waals surface area contributed by atoms with E-state index < -0.39 is 0 Å². The molecule has 0 atom stereocenters. The highest BCUT2D eigenvalue weighted by atomic mass is 35.5. The summed E-state index contributed by atoms with van der Waals surface area (Å²) in [7, 11) is 2.01. The van der Waals surface area contributed by atoms with Crippen molar-refractivity contribution in [2.45, 2.75) is 13.0 Å². The topological polar surface area (TPSA) is 35.6 Å². The minimum atomic E-state index is 0. The van der Waals surface area contributed by atoms with Gasteiger partial charge in [-0.25, -0.2) is 0 Å². The van der Waals surface area contributed by atoms with Crippen molar-refractivity contribution < 1.29 is 4.79 Å². The number of amides is 1. The molecule has 0 saturated carbocycles. The molecule has 1 saturated heterocycles. The maximum atomic E-state index is 12.1. The van der Waals surface area contributed by atoms with Crippen LogP contribution in [0.4, 0.5) is 0 Å². The number of nitrogens with one attached hydrogen (secondary N) is 1. The number of carbonyl (C=O) groups is 1. The molecular formula is C15H22Cl3N3O. The summed E-state index contributed by atoms with van der Waals surface area (Å²) in [5, 5.41) is 4.38. The number of hydrogen-bond donors (Lipinski definition) is 1. The van der Waals surface area contributed by atoms with E-state index in [-0.39, 0.29) is 18.3 Å². The molecule has 0 radical (unpaired) electrons. The fraction of sp³-hybridized carbons (Fsp3) is 0.533. The van der Waals surface area contributed by atoms with Crippen LogP contribution in [0.5, 0.6) is 0 Å². The van der Waals surface area contributed by atoms with Gasteiger partial charge in [0.25, 0.3) is 0 Å². The smallest absolute Gasteiger partial charge is 0.223 e. The van der Waals surface area contributed by atoms with Gasteiger partial charge < -0.3 is 15.1 Å². The molecule has 22 heavy (non-hydrogen) atoms. The van der Waals surface area contributed by atoms with Crippen LogP contribution in [0.1, 0.15) is 12.0 Å². The fourth-order valence-electron chi connectivity index (χ4n) is 2.39. The molecule has 1 N–H and O–H groups in total. The van der Waals surface area contributed by atoms with Gasteiger partial charge in [0.05, 0.1) is 10.0 Å². The summed E-state index contributed by atoms with van der Waals surface area (Å²) >= 11 is 11.9. The molecule has 1 aliphatic heterocycles. The van der Waals surface area contributed by atoms with Gasteiger partial charge in [0, 0.05) is 45.7 Å². The molecule has 0 unspecified atom stereocenters. The molecule has 4 nitrogen and oxygen atoms in total. The minimum Gasteiger partial charge on any atom is -0.340 e. The Labute approximate surface area is 148 Å². The lowest BCUT2D eigenvalue weighted by molar-refractivity contribution is -0.132. The van der Waals surface area contributed by atoms with Crippen LogP contribution in [0.3, 0.4) is 0 Å². The molecule has 1 heterocycles. The molecule has 1 fully saturated rings. The van der Waals surface area contributed by atoms with Gasteiger partial charge in [-0.3, -0.25) is 4.79 Å². The molecule has 0 spiro atoms. The Bertz CT molecular complexity index is 493. The van der Waals surface area contributed by atoms with Crippen molar-refractivity contribution in [3.05, 3.63) is 33.8 Å². The van der Waals surface area contributed by atoms with Gasteiger partial charge in [-0.05, 0) is 24.7 Å². The largest absolute Gasteiger partial charge is 0.340 e. The predicted molar refractivity (Wildman–Crippen MR) is 94.1 cm³/mol. The maximum absolute atomic E-state index is 12.1. The van der Waals surface area contributed by atoms with Crippen molar-refractivity contribution in [2.24, 2.45) is 0 Å². The SMILES string of the molecule is CN(CCC(=O)N1CCNCC1)Cc1ccc(Cl)c(Cl)c1.Cl. The molecule has 124 valence electrons. The third kappa shape index (κ3) is 5.94. The molecule has 7 heteroatoms. The Hall–Kier alpha value is -0.520. The Balaban J connectivity index is 0.00000242. The summed E-state index contributed by atoms with van der Waals surface area (Å²) in [6, 6.07) is 5.64. The van der Waals surface area contributed by atoms with Gasteiger partial charge in [-0.1, -0.05) is 29.3 Å². The van der Waals surface area contributed by atoms with Crippen LogP contribution in [0.25, 0.3) is 0 Å². The zero-order valence-electron chi connectivity index (χ0n) is 12.6. The summed E-state index contributed by atoms with van der Waals surface area (Å²) in [4.78, 5) is 16.1. The summed E-state index contributed by atoms with van der Waals surface area (Å²) in [6.45, 7) is 4.91. The van der Waals surface area contributed by atoms with Crippen LogP contribution in [0, 0.1) is 0 Å². The monoisotopic (exact) mass is 365 g/mol. The van der Waals surface area contributed by atoms with Gasteiger partial charge in [0.2, 0.25) is 5.91 Å². The second-order valence-corrected chi connectivity index (χ2v) is 6.18. The van der Waals surface area contributed by atoms with Crippen molar-refractivity contribution in [1.82, 2.24) is 15.1 Å². The van der Waals surface area contributed by atoms with Crippen LogP contribution in [-0.4, -0.2) is 55.5 Å². The van der Waals surface area contributed by atoms with E-state index in [2.05, 4.69) is 10.2 Å². The average Bonchev–Trinajstić information content (AvgIpc) is 2.49. The quantitative estimate of drug-likeness (QED) is 0.870. The normalized spacial score (nSPS) is 14.8. The van der Waals surface area contributed by atoms with Crippen LogP contribution < -0.4 is 5.32 Å². The molecular weight excluding hydrogens is 345 g/mol. The van der Waals surface area contributed by atoms with Gasteiger partial charge in [0.15, 0.2) is 0 Å². The lowest BCUT2D eigenvalue weighted by Gasteiger charge is -2.28. The first-order valence-electron chi connectivity index (χ1n) is 7.17. The molecule has 2 rings (SSSR count). The van der Waals surface area contributed by atoms with E-state index in [1.54, 1.807) is 6.07 Å². The summed E-state index contributed by atoms with van der Waals surface area (Å²) in [5.41, 5.74) is 1.10. The predicted octanol–water partition coefficient (Wildman–Crippen LogP) is 2.67. The van der Waals surface area contributed by atoms with Gasteiger partial charge in [0.1, 0.15) is 0 Å². The second kappa shape index (κ2) is 9.58. The zero-order chi connectivity index (χ0) is 15.2. The summed E-state index contributed by atoms with van der Waals surface area (Å²) < 4.78 is 0. The molecule has 1 amide bonds. The van der Waals surface area contributed by atoms with Crippen LogP contribution in [0.15, 0.2) is 18.2 Å². The molecule has 0 aliphatic carbocycles. The van der Waals surface area contributed by atoms with Gasteiger partial charge >= 0.3 is 0 Å². The highest BCUT2D eigenvalue weighted by Gasteiger charge is 2.16. The van der Waals surface area contributed by atoms with Crippen molar-refractivity contribution in [3.63, 3.8) is 0 Å². The highest BCUT2D eigenvalue weighted by molar-refractivity contribution is 6.42. The Morgan fingerprint density at radius 3 is 2.59 bits per heavy atom. The molecule has 0 bridgehead atoms. The Kier molecular flexibility index (Phi) is 8.50. The number of halogens is 3. The number of hydrogen-bond acceptors (Lipinski definition) is 3.